The van der Waals surface area contributed by atoms with E-state index in [0.717, 1.165) is 11.3 Å². The van der Waals surface area contributed by atoms with E-state index in [2.05, 4.69) is 10.3 Å². The number of aromatic amines is 1. The Balaban J connectivity index is 1.72. The maximum Gasteiger partial charge on any atom is 0.253 e. The van der Waals surface area contributed by atoms with Gasteiger partial charge in [0.25, 0.3) is 5.56 Å². The standard InChI is InChI=1S/C18H21FN2O3/c1-12-10-13(2)21-18(23)16(12)11-20-17(22)4-3-9-24-15-7-5-14(19)6-8-15/h5-8,10H,3-4,9,11H2,1-2H3,(H,20,22)(H,21,23). The van der Waals surface area contributed by atoms with E-state index in [1.165, 1.54) is 12.1 Å². The van der Waals surface area contributed by atoms with Crippen molar-refractivity contribution < 1.29 is 13.9 Å². The first-order chi connectivity index (χ1) is 11.5. The fourth-order valence-corrected chi connectivity index (χ4v) is 2.33. The molecule has 0 saturated heterocycles. The van der Waals surface area contributed by atoms with E-state index >= 15 is 0 Å². The van der Waals surface area contributed by atoms with Crippen molar-refractivity contribution in [1.82, 2.24) is 10.3 Å². The summed E-state index contributed by atoms with van der Waals surface area (Å²) in [5.74, 6) is 0.110. The predicted molar refractivity (Wildman–Crippen MR) is 89.5 cm³/mol. The summed E-state index contributed by atoms with van der Waals surface area (Å²) in [5, 5.41) is 2.74. The Hall–Kier alpha value is -2.63. The van der Waals surface area contributed by atoms with Crippen molar-refractivity contribution in [1.29, 1.82) is 0 Å². The number of carbonyl (C=O) groups excluding carboxylic acids is 1. The highest BCUT2D eigenvalue weighted by Gasteiger charge is 2.07. The normalized spacial score (nSPS) is 10.5. The minimum atomic E-state index is -0.317. The number of hydrogen-bond acceptors (Lipinski definition) is 3. The number of amides is 1. The minimum Gasteiger partial charge on any atom is -0.494 e. The van der Waals surface area contributed by atoms with Crippen LogP contribution in [0.3, 0.4) is 0 Å². The number of pyridine rings is 1. The summed E-state index contributed by atoms with van der Waals surface area (Å²) >= 11 is 0. The van der Waals surface area contributed by atoms with Gasteiger partial charge >= 0.3 is 0 Å². The van der Waals surface area contributed by atoms with Crippen molar-refractivity contribution in [3.05, 3.63) is 63.3 Å². The van der Waals surface area contributed by atoms with Gasteiger partial charge < -0.3 is 15.0 Å². The monoisotopic (exact) mass is 332 g/mol. The van der Waals surface area contributed by atoms with Gasteiger partial charge in [-0.15, -0.1) is 0 Å². The van der Waals surface area contributed by atoms with Crippen LogP contribution in [0.15, 0.2) is 35.1 Å². The number of hydrogen-bond donors (Lipinski definition) is 2. The second-order valence-electron chi connectivity index (χ2n) is 5.63. The molecule has 0 aliphatic carbocycles. The van der Waals surface area contributed by atoms with Crippen LogP contribution >= 0.6 is 0 Å². The van der Waals surface area contributed by atoms with Gasteiger partial charge in [-0.1, -0.05) is 0 Å². The number of halogens is 1. The molecule has 128 valence electrons. The summed E-state index contributed by atoms with van der Waals surface area (Å²) in [6.45, 7) is 4.24. The van der Waals surface area contributed by atoms with Gasteiger partial charge in [0.05, 0.1) is 6.61 Å². The van der Waals surface area contributed by atoms with Gasteiger partial charge in [0.15, 0.2) is 0 Å². The second-order valence-corrected chi connectivity index (χ2v) is 5.63. The Morgan fingerprint density at radius 3 is 2.62 bits per heavy atom. The fourth-order valence-electron chi connectivity index (χ4n) is 2.33. The van der Waals surface area contributed by atoms with Gasteiger partial charge in [-0.2, -0.15) is 0 Å². The Labute approximate surface area is 139 Å². The highest BCUT2D eigenvalue weighted by atomic mass is 19.1. The van der Waals surface area contributed by atoms with E-state index in [-0.39, 0.29) is 23.8 Å². The van der Waals surface area contributed by atoms with Crippen molar-refractivity contribution >= 4 is 5.91 Å². The lowest BCUT2D eigenvalue weighted by Crippen LogP contribution is -2.28. The molecule has 0 aliphatic rings. The Morgan fingerprint density at radius 1 is 1.25 bits per heavy atom. The zero-order valence-electron chi connectivity index (χ0n) is 13.8. The van der Waals surface area contributed by atoms with Crippen LogP contribution in [0.25, 0.3) is 0 Å². The summed E-state index contributed by atoms with van der Waals surface area (Å²) in [6.07, 6.45) is 0.830. The molecule has 0 bridgehead atoms. The summed E-state index contributed by atoms with van der Waals surface area (Å²) in [6, 6.07) is 7.61. The van der Waals surface area contributed by atoms with Crippen molar-refractivity contribution in [3.63, 3.8) is 0 Å². The van der Waals surface area contributed by atoms with Crippen LogP contribution in [0.1, 0.15) is 29.7 Å². The summed E-state index contributed by atoms with van der Waals surface area (Å²) < 4.78 is 18.2. The van der Waals surface area contributed by atoms with E-state index in [9.17, 15) is 14.0 Å². The van der Waals surface area contributed by atoms with E-state index in [1.54, 1.807) is 12.1 Å². The summed E-state index contributed by atoms with van der Waals surface area (Å²) in [7, 11) is 0. The molecule has 24 heavy (non-hydrogen) atoms. The lowest BCUT2D eigenvalue weighted by Gasteiger charge is -2.09. The van der Waals surface area contributed by atoms with E-state index in [1.807, 2.05) is 19.9 Å². The van der Waals surface area contributed by atoms with E-state index in [0.29, 0.717) is 30.8 Å². The third-order valence-corrected chi connectivity index (χ3v) is 3.59. The number of carbonyl (C=O) groups is 1. The molecule has 0 fully saturated rings. The maximum absolute atomic E-state index is 12.8. The molecule has 1 amide bonds. The van der Waals surface area contributed by atoms with Gasteiger partial charge in [0, 0.05) is 24.2 Å². The summed E-state index contributed by atoms with van der Waals surface area (Å²) in [4.78, 5) is 26.4. The lowest BCUT2D eigenvalue weighted by atomic mass is 10.1. The van der Waals surface area contributed by atoms with Crippen molar-refractivity contribution in [3.8, 4) is 5.75 Å². The summed E-state index contributed by atoms with van der Waals surface area (Å²) in [5.41, 5.74) is 2.05. The van der Waals surface area contributed by atoms with Crippen LogP contribution in [0.2, 0.25) is 0 Å². The molecule has 1 heterocycles. The third kappa shape index (κ3) is 5.22. The molecule has 2 aromatic rings. The Bertz CT molecular complexity index is 754. The first kappa shape index (κ1) is 17.7. The highest BCUT2D eigenvalue weighted by molar-refractivity contribution is 5.75. The molecule has 2 N–H and O–H groups in total. The predicted octanol–water partition coefficient (Wildman–Crippen LogP) is 2.61. The SMILES string of the molecule is Cc1cc(C)c(CNC(=O)CCCOc2ccc(F)cc2)c(=O)[nH]1. The lowest BCUT2D eigenvalue weighted by molar-refractivity contribution is -0.121. The van der Waals surface area contributed by atoms with Crippen LogP contribution in [-0.2, 0) is 11.3 Å². The van der Waals surface area contributed by atoms with E-state index in [4.69, 9.17) is 4.74 Å². The number of rotatable bonds is 7. The van der Waals surface area contributed by atoms with Crippen molar-refractivity contribution in [2.75, 3.05) is 6.61 Å². The number of benzene rings is 1. The number of ether oxygens (including phenoxy) is 1. The smallest absolute Gasteiger partial charge is 0.253 e. The highest BCUT2D eigenvalue weighted by Crippen LogP contribution is 2.11. The fraction of sp³-hybridized carbons (Fsp3) is 0.333. The maximum atomic E-state index is 12.8. The molecule has 5 nitrogen and oxygen atoms in total. The van der Waals surface area contributed by atoms with Crippen LogP contribution < -0.4 is 15.6 Å². The minimum absolute atomic E-state index is 0.142. The molecule has 2 rings (SSSR count). The Morgan fingerprint density at radius 2 is 1.96 bits per heavy atom. The van der Waals surface area contributed by atoms with Crippen LogP contribution in [0.5, 0.6) is 5.75 Å². The molecule has 0 aliphatic heterocycles. The quantitative estimate of drug-likeness (QED) is 0.766. The average molecular weight is 332 g/mol. The molecule has 0 unspecified atom stereocenters. The van der Waals surface area contributed by atoms with Crippen molar-refractivity contribution in [2.24, 2.45) is 0 Å². The molecule has 0 atom stereocenters. The van der Waals surface area contributed by atoms with Gasteiger partial charge in [-0.3, -0.25) is 9.59 Å². The van der Waals surface area contributed by atoms with Crippen LogP contribution in [-0.4, -0.2) is 17.5 Å². The largest absolute Gasteiger partial charge is 0.494 e. The number of aryl methyl sites for hydroxylation is 2. The van der Waals surface area contributed by atoms with Crippen LogP contribution in [0.4, 0.5) is 4.39 Å². The molecule has 0 saturated carbocycles. The number of aromatic nitrogens is 1. The zero-order valence-corrected chi connectivity index (χ0v) is 13.8. The van der Waals surface area contributed by atoms with Gasteiger partial charge in [0.1, 0.15) is 11.6 Å². The average Bonchev–Trinajstić information content (AvgIpc) is 2.52. The molecule has 1 aromatic heterocycles. The zero-order chi connectivity index (χ0) is 17.5. The molecular formula is C18H21FN2O3. The van der Waals surface area contributed by atoms with E-state index < -0.39 is 0 Å². The van der Waals surface area contributed by atoms with Gasteiger partial charge in [-0.05, 0) is 56.2 Å². The first-order valence-electron chi connectivity index (χ1n) is 7.80. The Kier molecular flexibility index (Phi) is 6.12. The first-order valence-corrected chi connectivity index (χ1v) is 7.80. The molecule has 6 heteroatoms. The van der Waals surface area contributed by atoms with Gasteiger partial charge in [-0.25, -0.2) is 4.39 Å². The second kappa shape index (κ2) is 8.29. The molecule has 0 radical (unpaired) electrons. The number of H-pyrrole nitrogens is 1. The number of nitrogens with one attached hydrogen (secondary N) is 2. The molecular weight excluding hydrogens is 311 g/mol. The molecule has 1 aromatic carbocycles. The van der Waals surface area contributed by atoms with Crippen LogP contribution in [0, 0.1) is 19.7 Å². The van der Waals surface area contributed by atoms with Crippen molar-refractivity contribution in [2.45, 2.75) is 33.2 Å². The molecule has 0 spiro atoms. The third-order valence-electron chi connectivity index (χ3n) is 3.59. The topological polar surface area (TPSA) is 71.2 Å². The van der Waals surface area contributed by atoms with Gasteiger partial charge in [0.2, 0.25) is 5.91 Å².